The number of aryl methyl sites for hydroxylation is 3. The summed E-state index contributed by atoms with van der Waals surface area (Å²) in [4.78, 5) is 56.9. The molecule has 0 bridgehead atoms. The van der Waals surface area contributed by atoms with Crippen LogP contribution in [-0.2, 0) is 32.7 Å². The van der Waals surface area contributed by atoms with E-state index in [1.807, 2.05) is 238 Å². The van der Waals surface area contributed by atoms with Gasteiger partial charge in [0.05, 0.1) is 81.2 Å². The molecule has 8 heterocycles. The van der Waals surface area contributed by atoms with Gasteiger partial charge in [0.2, 0.25) is 29.8 Å². The Morgan fingerprint density at radius 3 is 1.37 bits per heavy atom. The molecule has 0 N–H and O–H groups in total. The maximum Gasteiger partial charge on any atom is 1.00 e. The van der Waals surface area contributed by atoms with Gasteiger partial charge >= 0.3 is 59.8 Å². The van der Waals surface area contributed by atoms with Crippen LogP contribution in [0.2, 0.25) is 0 Å². The smallest absolute Gasteiger partial charge is 0.445 e. The van der Waals surface area contributed by atoms with E-state index in [9.17, 15) is 4.79 Å². The van der Waals surface area contributed by atoms with E-state index >= 15 is 0 Å². The van der Waals surface area contributed by atoms with E-state index < -0.39 is 15.1 Å². The summed E-state index contributed by atoms with van der Waals surface area (Å²) >= 11 is 1.35. The van der Waals surface area contributed by atoms with E-state index in [-0.39, 0.29) is 24.6 Å². The number of para-hydroxylation sites is 6. The van der Waals surface area contributed by atoms with Crippen LogP contribution in [0.15, 0.2) is 309 Å². The molecule has 1 aliphatic rings. The summed E-state index contributed by atoms with van der Waals surface area (Å²) in [6, 6.07) is 72.7. The topological polar surface area (TPSA) is 220 Å². The van der Waals surface area contributed by atoms with Gasteiger partial charge in [-0.25, -0.2) is 34.9 Å². The molecule has 0 aliphatic carbocycles. The number of rotatable bonds is 11. The number of aliphatic imine (C=N–C) groups is 1. The molecular weight excluding hydrogens is 1470 g/mol. The Bertz CT molecular complexity index is 4860. The second kappa shape index (κ2) is 45.4. The number of ether oxygens (including phenoxy) is 1. The van der Waals surface area contributed by atoms with Gasteiger partial charge in [-0.15, -0.1) is 0 Å². The number of benzene rings is 8. The van der Waals surface area contributed by atoms with Gasteiger partial charge in [-0.2, -0.15) is 6.42 Å². The van der Waals surface area contributed by atoms with Crippen LogP contribution in [0, 0.1) is 17.4 Å². The van der Waals surface area contributed by atoms with Gasteiger partial charge in [-0.3, -0.25) is 24.5 Å². The van der Waals surface area contributed by atoms with Crippen molar-refractivity contribution >= 4 is 99.9 Å². The van der Waals surface area contributed by atoms with Gasteiger partial charge < -0.3 is 24.6 Å². The number of halogens is 3. The molecule has 0 atom stereocenters. The van der Waals surface area contributed by atoms with Crippen molar-refractivity contribution in [2.75, 3.05) is 0 Å². The molecule has 0 amide bonds. The van der Waals surface area contributed by atoms with Crippen LogP contribution >= 0.6 is 42.0 Å². The summed E-state index contributed by atoms with van der Waals surface area (Å²) in [5.41, 5.74) is 12.1. The number of hydrogen-bond acceptors (Lipinski definition) is 17. The second-order valence-electron chi connectivity index (χ2n) is 20.5. The van der Waals surface area contributed by atoms with Crippen LogP contribution in [0.3, 0.4) is 0 Å². The third kappa shape index (κ3) is 27.7. The first-order chi connectivity index (χ1) is 49.2. The number of unbranched alkanes of at least 4 members (excludes halogenated alkanes) is 1. The Labute approximate surface area is 627 Å². The third-order valence-corrected chi connectivity index (χ3v) is 13.9. The van der Waals surface area contributed by atoms with Crippen molar-refractivity contribution in [2.45, 2.75) is 39.5 Å². The second-order valence-corrected chi connectivity index (χ2v) is 26.4. The van der Waals surface area contributed by atoms with E-state index in [1.54, 1.807) is 37.2 Å². The zero-order chi connectivity index (χ0) is 70.0. The van der Waals surface area contributed by atoms with E-state index in [0.29, 0.717) is 35.6 Å². The van der Waals surface area contributed by atoms with Crippen molar-refractivity contribution in [1.82, 2.24) is 49.8 Å². The minimum Gasteiger partial charge on any atom is -0.445 e. The van der Waals surface area contributed by atoms with Crippen LogP contribution in [0.4, 0.5) is 0 Å². The number of carbonyl (C=O) groups is 1. The van der Waals surface area contributed by atoms with Gasteiger partial charge in [0.15, 0.2) is 12.0 Å². The Balaban J connectivity index is 0.000000170. The Hall–Kier alpha value is -10.3. The maximum absolute atomic E-state index is 10.3. The monoisotopic (exact) mass is 1530 g/mol. The molecule has 0 radical (unpaired) electrons. The molecule has 16 rings (SSSR count). The standard InChI is InChI=1S/C19H15N3O.C19H13N3O.C10H7NO2.C9H8N2.C9H7NO.C6H5I.C4H9.C3H2NO.2ClH.Li.Zn/c2*1-2-6-14(7-3-1)19-21-13-16(23-19)11-10-15-12-20-17-8-4-5-9-18(17)22-15;12-7-9-6-11-10(13-9)8-4-2-1-3-5-8;1-7-6-10-8-4-2-3-5-9(8)11-7;1-2-4-8(5-3-1)9-10-6-7-11-9;7-6-4-2-1-3-5-6;1-3-4-2;1-2-5-3-4-1;;;;/h1-9,12-13H,10-11H2;1-13H;1-7H;2-6H,1H3;1-7H;1-5H;1,3-4H2,2H3;1-2H;2*1H;;/q;;;;;;-1;+1;;;+1;+2/p-2. The molecule has 17 nitrogen and oxygen atoms in total. The minimum atomic E-state index is -0.931. The largest absolute Gasteiger partial charge is 1.00 e. The summed E-state index contributed by atoms with van der Waals surface area (Å²) in [7, 11) is 9.90. The van der Waals surface area contributed by atoms with Crippen molar-refractivity contribution in [1.29, 1.82) is 0 Å². The predicted molar refractivity (Wildman–Crippen MR) is 402 cm³/mol. The van der Waals surface area contributed by atoms with Crippen LogP contribution in [0.5, 0.6) is 0 Å². The summed E-state index contributed by atoms with van der Waals surface area (Å²) in [6.45, 7) is 7.67. The summed E-state index contributed by atoms with van der Waals surface area (Å²) in [5, 5.41) is 0. The number of hydrogen-bond donors (Lipinski definition) is 0. The molecule has 1 aliphatic heterocycles. The Morgan fingerprint density at radius 1 is 0.485 bits per heavy atom. The molecule has 8 aromatic carbocycles. The third-order valence-electron chi connectivity index (χ3n) is 13.2. The Morgan fingerprint density at radius 2 is 0.921 bits per heavy atom. The fraction of sp³-hybridized carbons (Fsp3) is 0.0759. The normalized spacial score (nSPS) is 10.2. The number of aromatic nitrogens is 10. The zero-order valence-corrected chi connectivity index (χ0v) is 62.2. The molecule has 0 saturated heterocycles. The Kier molecular flexibility index (Phi) is 35.0. The quantitative estimate of drug-likeness (QED) is 0.0508. The summed E-state index contributed by atoms with van der Waals surface area (Å²) in [6.07, 6.45) is 26.9. The fourth-order valence-corrected chi connectivity index (χ4v) is 8.84. The van der Waals surface area contributed by atoms with Crippen LogP contribution in [0.25, 0.3) is 91.1 Å². The van der Waals surface area contributed by atoms with Gasteiger partial charge in [0, 0.05) is 44.6 Å². The minimum absolute atomic E-state index is 0. The van der Waals surface area contributed by atoms with Crippen molar-refractivity contribution in [3.05, 3.63) is 331 Å². The molecule has 22 heteroatoms. The van der Waals surface area contributed by atoms with E-state index in [4.69, 9.17) is 37.1 Å². The number of oxazole rings is 4. The number of carbonyl (C=O) groups excluding carboxylic acids is 1. The zero-order valence-electron chi connectivity index (χ0n) is 55.6. The first-order valence-electron chi connectivity index (χ1n) is 31.3. The van der Waals surface area contributed by atoms with E-state index in [0.717, 1.165) is 97.5 Å². The van der Waals surface area contributed by atoms with Gasteiger partial charge in [0.1, 0.15) is 17.8 Å². The van der Waals surface area contributed by atoms with Crippen LogP contribution in [0.1, 0.15) is 58.9 Å². The molecular formula is C79H66Cl2ILiN11O6Zn+. The molecule has 496 valence electrons. The van der Waals surface area contributed by atoms with Crippen molar-refractivity contribution < 1.29 is 61.2 Å². The van der Waals surface area contributed by atoms with Crippen molar-refractivity contribution in [3.63, 3.8) is 0 Å². The average Bonchev–Trinajstić information content (AvgIpc) is 1.46. The van der Waals surface area contributed by atoms with Crippen molar-refractivity contribution in [3.8, 4) is 45.8 Å². The van der Waals surface area contributed by atoms with Crippen molar-refractivity contribution in [2.24, 2.45) is 4.99 Å². The van der Waals surface area contributed by atoms with E-state index in [2.05, 4.69) is 115 Å². The maximum atomic E-state index is 10.3. The first kappa shape index (κ1) is 78.0. The summed E-state index contributed by atoms with van der Waals surface area (Å²) < 4.78 is 27.4. The van der Waals surface area contributed by atoms with Crippen LogP contribution < -0.4 is 18.9 Å². The van der Waals surface area contributed by atoms with Gasteiger partial charge in [0.25, 0.3) is 6.26 Å². The fourth-order valence-electron chi connectivity index (χ4n) is 8.42. The average molecular weight is 1540 g/mol. The first-order valence-corrected chi connectivity index (χ1v) is 40.2. The van der Waals surface area contributed by atoms with Gasteiger partial charge in [-0.1, -0.05) is 141 Å². The summed E-state index contributed by atoms with van der Waals surface area (Å²) in [5.74, 6) is 4.20. The number of nitrogens with zero attached hydrogens (tertiary/aromatic N) is 11. The van der Waals surface area contributed by atoms with E-state index in [1.165, 1.54) is 28.6 Å². The molecule has 101 heavy (non-hydrogen) atoms. The molecule has 7 aromatic heterocycles. The predicted octanol–water partition coefficient (Wildman–Crippen LogP) is 17.6. The molecule has 0 spiro atoms. The van der Waals surface area contributed by atoms with Gasteiger partial charge in [-0.05, 0) is 150 Å². The SMILES string of the molecule is C(=Cc1cnc(-c2ccccc2)o1)c1cnc2ccccc2n1.Cc1cnc2ccccc2n1.Ic1ccccc1.O=Cc1cnc(-c2ccccc2)o1.[C+]1=NC=CO1.[CH2-]CCC.[Cl][Zn][Cl].[Li+].c1ccc(-c2ncc(CCc3cnc4ccccc4n3)o2)cc1.c1ccc(-c2ncco2)cc1. The number of fused-ring (bicyclic) bond motifs is 3. The van der Waals surface area contributed by atoms with Crippen LogP contribution in [-0.4, -0.2) is 62.5 Å². The molecule has 15 aromatic rings. The molecule has 0 fully saturated rings. The molecule has 0 saturated carbocycles. The molecule has 0 unspecified atom stereocenters. The number of aldehydes is 1.